The smallest absolute Gasteiger partial charge is 0.129 e. The quantitative estimate of drug-likeness (QED) is 0.752. The predicted molar refractivity (Wildman–Crippen MR) is 76.5 cm³/mol. The molecule has 1 unspecified atom stereocenters. The Balaban J connectivity index is 2.08. The van der Waals surface area contributed by atoms with E-state index in [9.17, 15) is 0 Å². The lowest BCUT2D eigenvalue weighted by atomic mass is 10.2. The highest BCUT2D eigenvalue weighted by Crippen LogP contribution is 2.29. The molecule has 0 aliphatic heterocycles. The summed E-state index contributed by atoms with van der Waals surface area (Å²) in [7, 11) is 0. The molecular weight excluding hydrogens is 289 g/mol. The van der Waals surface area contributed by atoms with Crippen molar-refractivity contribution in [3.05, 3.63) is 50.4 Å². The summed E-state index contributed by atoms with van der Waals surface area (Å²) in [5, 5.41) is 2.99. The minimum Gasteiger partial charge on any atom is -0.340 e. The molecule has 1 aromatic carbocycles. The van der Waals surface area contributed by atoms with Gasteiger partial charge in [0, 0.05) is 4.88 Å². The monoisotopic (exact) mass is 297 g/mol. The van der Waals surface area contributed by atoms with E-state index in [1.807, 2.05) is 17.5 Å². The fraction of sp³-hybridized carbons (Fsp3) is 0.0833. The number of aromatic nitrogens is 2. The molecule has 0 fully saturated rings. The van der Waals surface area contributed by atoms with Crippen molar-refractivity contribution in [1.82, 2.24) is 9.97 Å². The maximum atomic E-state index is 6.15. The molecule has 3 N–H and O–H groups in total. The van der Waals surface area contributed by atoms with Gasteiger partial charge in [-0.25, -0.2) is 4.98 Å². The summed E-state index contributed by atoms with van der Waals surface area (Å²) in [5.41, 5.74) is 7.76. The Kier molecular flexibility index (Phi) is 3.03. The van der Waals surface area contributed by atoms with Crippen LogP contribution in [0.2, 0.25) is 10.0 Å². The van der Waals surface area contributed by atoms with Crippen LogP contribution in [0.5, 0.6) is 0 Å². The maximum Gasteiger partial charge on any atom is 0.129 e. The van der Waals surface area contributed by atoms with Crippen molar-refractivity contribution in [3.63, 3.8) is 0 Å². The summed E-state index contributed by atoms with van der Waals surface area (Å²) in [4.78, 5) is 8.69. The topological polar surface area (TPSA) is 54.7 Å². The molecule has 2 heterocycles. The number of H-pyrrole nitrogens is 1. The average molecular weight is 298 g/mol. The normalized spacial score (nSPS) is 13.1. The Bertz CT molecular complexity index is 652. The number of benzene rings is 1. The molecule has 0 aliphatic carbocycles. The van der Waals surface area contributed by atoms with E-state index in [1.54, 1.807) is 23.5 Å². The SMILES string of the molecule is NC(c1nc2cc(Cl)c(Cl)cc2[nH]1)c1cccs1. The molecule has 3 aromatic rings. The van der Waals surface area contributed by atoms with E-state index in [0.29, 0.717) is 15.9 Å². The molecule has 2 aromatic heterocycles. The number of aromatic amines is 1. The second-order valence-electron chi connectivity index (χ2n) is 3.90. The van der Waals surface area contributed by atoms with Crippen molar-refractivity contribution >= 4 is 45.6 Å². The van der Waals surface area contributed by atoms with Crippen LogP contribution in [0.25, 0.3) is 11.0 Å². The molecule has 3 rings (SSSR count). The number of fused-ring (bicyclic) bond motifs is 1. The van der Waals surface area contributed by atoms with Crippen LogP contribution in [0.15, 0.2) is 29.6 Å². The molecule has 92 valence electrons. The molecule has 3 nitrogen and oxygen atoms in total. The van der Waals surface area contributed by atoms with Crippen LogP contribution in [0.3, 0.4) is 0 Å². The highest BCUT2D eigenvalue weighted by atomic mass is 35.5. The first-order valence-corrected chi connectivity index (χ1v) is 6.92. The number of nitrogens with one attached hydrogen (secondary N) is 1. The lowest BCUT2D eigenvalue weighted by molar-refractivity contribution is 0.822. The molecule has 0 spiro atoms. The van der Waals surface area contributed by atoms with Gasteiger partial charge in [0.1, 0.15) is 5.82 Å². The van der Waals surface area contributed by atoms with E-state index in [0.717, 1.165) is 15.9 Å². The third kappa shape index (κ3) is 2.01. The Morgan fingerprint density at radius 1 is 1.28 bits per heavy atom. The molecule has 0 saturated carbocycles. The number of hydrogen-bond acceptors (Lipinski definition) is 3. The summed E-state index contributed by atoms with van der Waals surface area (Å²) in [5.74, 6) is 0.714. The van der Waals surface area contributed by atoms with Crippen LogP contribution in [0, 0.1) is 0 Å². The zero-order valence-electron chi connectivity index (χ0n) is 9.15. The first-order valence-electron chi connectivity index (χ1n) is 5.29. The van der Waals surface area contributed by atoms with Crippen molar-refractivity contribution in [1.29, 1.82) is 0 Å². The fourth-order valence-electron chi connectivity index (χ4n) is 1.77. The largest absolute Gasteiger partial charge is 0.340 e. The summed E-state index contributed by atoms with van der Waals surface area (Å²) in [6, 6.07) is 7.20. The van der Waals surface area contributed by atoms with E-state index in [-0.39, 0.29) is 6.04 Å². The number of thiophene rings is 1. The van der Waals surface area contributed by atoms with Gasteiger partial charge >= 0.3 is 0 Å². The Morgan fingerprint density at radius 2 is 2.06 bits per heavy atom. The van der Waals surface area contributed by atoms with Crippen LogP contribution in [0.4, 0.5) is 0 Å². The van der Waals surface area contributed by atoms with Gasteiger partial charge in [0.2, 0.25) is 0 Å². The van der Waals surface area contributed by atoms with E-state index in [2.05, 4.69) is 9.97 Å². The molecule has 6 heteroatoms. The second-order valence-corrected chi connectivity index (χ2v) is 5.69. The van der Waals surface area contributed by atoms with Crippen molar-refractivity contribution in [2.24, 2.45) is 5.73 Å². The van der Waals surface area contributed by atoms with Gasteiger partial charge in [-0.3, -0.25) is 0 Å². The summed E-state index contributed by atoms with van der Waals surface area (Å²) < 4.78 is 0. The van der Waals surface area contributed by atoms with Crippen molar-refractivity contribution in [2.75, 3.05) is 0 Å². The molecule has 0 saturated heterocycles. The fourth-order valence-corrected chi connectivity index (χ4v) is 2.83. The summed E-state index contributed by atoms with van der Waals surface area (Å²) in [6.45, 7) is 0. The molecule has 0 radical (unpaired) electrons. The van der Waals surface area contributed by atoms with Crippen molar-refractivity contribution in [3.8, 4) is 0 Å². The van der Waals surface area contributed by atoms with E-state index in [4.69, 9.17) is 28.9 Å². The standard InChI is InChI=1S/C12H9Cl2N3S/c13-6-4-8-9(5-7(6)14)17-12(16-8)11(15)10-2-1-3-18-10/h1-5,11H,15H2,(H,16,17). The second kappa shape index (κ2) is 4.55. The van der Waals surface area contributed by atoms with Crippen molar-refractivity contribution in [2.45, 2.75) is 6.04 Å². The number of hydrogen-bond donors (Lipinski definition) is 2. The van der Waals surface area contributed by atoms with Crippen LogP contribution >= 0.6 is 34.5 Å². The van der Waals surface area contributed by atoms with Gasteiger partial charge in [0.25, 0.3) is 0 Å². The Morgan fingerprint density at radius 3 is 2.78 bits per heavy atom. The highest BCUT2D eigenvalue weighted by Gasteiger charge is 2.15. The zero-order valence-corrected chi connectivity index (χ0v) is 11.5. The predicted octanol–water partition coefficient (Wildman–Crippen LogP) is 3.98. The Labute approximate surface area is 118 Å². The van der Waals surface area contributed by atoms with Crippen molar-refractivity contribution < 1.29 is 0 Å². The van der Waals surface area contributed by atoms with Crippen LogP contribution in [-0.2, 0) is 0 Å². The van der Waals surface area contributed by atoms with E-state index >= 15 is 0 Å². The lowest BCUT2D eigenvalue weighted by Gasteiger charge is -2.04. The zero-order chi connectivity index (χ0) is 12.7. The van der Waals surface area contributed by atoms with Crippen LogP contribution < -0.4 is 5.73 Å². The van der Waals surface area contributed by atoms with Gasteiger partial charge in [-0.15, -0.1) is 11.3 Å². The number of rotatable bonds is 2. The third-order valence-corrected chi connectivity index (χ3v) is 4.36. The number of imidazole rings is 1. The molecule has 18 heavy (non-hydrogen) atoms. The van der Waals surface area contributed by atoms with Gasteiger partial charge in [-0.2, -0.15) is 0 Å². The van der Waals surface area contributed by atoms with Gasteiger partial charge in [0.15, 0.2) is 0 Å². The molecule has 0 bridgehead atoms. The highest BCUT2D eigenvalue weighted by molar-refractivity contribution is 7.10. The van der Waals surface area contributed by atoms with E-state index in [1.165, 1.54) is 0 Å². The van der Waals surface area contributed by atoms with Gasteiger partial charge in [0.05, 0.1) is 27.1 Å². The first-order chi connectivity index (χ1) is 8.65. The number of halogens is 2. The number of nitrogens with two attached hydrogens (primary N) is 1. The molecule has 0 aliphatic rings. The lowest BCUT2D eigenvalue weighted by Crippen LogP contribution is -2.11. The molecule has 1 atom stereocenters. The van der Waals surface area contributed by atoms with E-state index < -0.39 is 0 Å². The minimum absolute atomic E-state index is 0.255. The number of nitrogens with zero attached hydrogens (tertiary/aromatic N) is 1. The Hall–Kier alpha value is -1.07. The third-order valence-electron chi connectivity index (χ3n) is 2.69. The first kappa shape index (κ1) is 12.0. The van der Waals surface area contributed by atoms with Gasteiger partial charge in [-0.1, -0.05) is 29.3 Å². The average Bonchev–Trinajstić information content (AvgIpc) is 2.97. The summed E-state index contributed by atoms with van der Waals surface area (Å²) >= 11 is 13.5. The minimum atomic E-state index is -0.255. The maximum absolute atomic E-state index is 6.15. The van der Waals surface area contributed by atoms with Gasteiger partial charge < -0.3 is 10.7 Å². The van der Waals surface area contributed by atoms with Crippen LogP contribution in [-0.4, -0.2) is 9.97 Å². The summed E-state index contributed by atoms with van der Waals surface area (Å²) in [6.07, 6.45) is 0. The van der Waals surface area contributed by atoms with Gasteiger partial charge in [-0.05, 0) is 23.6 Å². The molecular formula is C12H9Cl2N3S. The molecule has 0 amide bonds. The van der Waals surface area contributed by atoms with Crippen LogP contribution in [0.1, 0.15) is 16.7 Å².